The maximum Gasteiger partial charge on any atom is 0.246 e. The summed E-state index contributed by atoms with van der Waals surface area (Å²) in [5.41, 5.74) is 0. The van der Waals surface area contributed by atoms with Gasteiger partial charge in [0.25, 0.3) is 0 Å². The van der Waals surface area contributed by atoms with Crippen LogP contribution in [-0.4, -0.2) is 38.4 Å². The Balaban J connectivity index is 3.18. The van der Waals surface area contributed by atoms with Crippen molar-refractivity contribution in [1.29, 1.82) is 0 Å². The molecule has 0 heterocycles. The van der Waals surface area contributed by atoms with Crippen LogP contribution in [0.1, 0.15) is 27.2 Å². The van der Waals surface area contributed by atoms with Crippen molar-refractivity contribution in [2.75, 3.05) is 26.4 Å². The van der Waals surface area contributed by atoms with Crippen LogP contribution in [0.5, 0.6) is 0 Å². The largest absolute Gasteiger partial charge is 0.382 e. The summed E-state index contributed by atoms with van der Waals surface area (Å²) >= 11 is 0. The Bertz CT molecular complexity index is 148. The minimum absolute atomic E-state index is 0.0600. The molecule has 0 atom stereocenters. The van der Waals surface area contributed by atoms with Gasteiger partial charge < -0.3 is 14.8 Å². The second kappa shape index (κ2) is 8.97. The zero-order valence-electron chi connectivity index (χ0n) is 9.34. The van der Waals surface area contributed by atoms with Crippen molar-refractivity contribution in [2.24, 2.45) is 0 Å². The Morgan fingerprint density at radius 3 is 2.71 bits per heavy atom. The van der Waals surface area contributed by atoms with Crippen molar-refractivity contribution >= 4 is 5.91 Å². The van der Waals surface area contributed by atoms with Crippen LogP contribution < -0.4 is 5.32 Å². The molecule has 84 valence electrons. The molecule has 0 fully saturated rings. The van der Waals surface area contributed by atoms with Gasteiger partial charge in [0.1, 0.15) is 6.61 Å². The van der Waals surface area contributed by atoms with Crippen LogP contribution in [0.3, 0.4) is 0 Å². The van der Waals surface area contributed by atoms with Crippen LogP contribution in [0, 0.1) is 0 Å². The van der Waals surface area contributed by atoms with E-state index in [2.05, 4.69) is 5.32 Å². The Labute approximate surface area is 86.0 Å². The van der Waals surface area contributed by atoms with Gasteiger partial charge in [-0.2, -0.15) is 0 Å². The van der Waals surface area contributed by atoms with Crippen molar-refractivity contribution in [2.45, 2.75) is 33.3 Å². The van der Waals surface area contributed by atoms with E-state index in [1.165, 1.54) is 0 Å². The minimum atomic E-state index is -0.0600. The van der Waals surface area contributed by atoms with E-state index in [1.807, 2.05) is 20.8 Å². The number of amides is 1. The second-order valence-electron chi connectivity index (χ2n) is 3.26. The molecule has 4 nitrogen and oxygen atoms in total. The zero-order valence-corrected chi connectivity index (χ0v) is 9.34. The van der Waals surface area contributed by atoms with Gasteiger partial charge in [0.05, 0.1) is 6.10 Å². The summed E-state index contributed by atoms with van der Waals surface area (Å²) in [7, 11) is 0. The lowest BCUT2D eigenvalue weighted by Gasteiger charge is -2.08. The lowest BCUT2D eigenvalue weighted by atomic mass is 10.4. The van der Waals surface area contributed by atoms with E-state index in [1.54, 1.807) is 0 Å². The summed E-state index contributed by atoms with van der Waals surface area (Å²) in [6.45, 7) is 7.98. The summed E-state index contributed by atoms with van der Waals surface area (Å²) in [6.07, 6.45) is 0.950. The first-order valence-electron chi connectivity index (χ1n) is 5.12. The van der Waals surface area contributed by atoms with Gasteiger partial charge in [0, 0.05) is 19.8 Å². The first kappa shape index (κ1) is 13.4. The fourth-order valence-electron chi connectivity index (χ4n) is 0.840. The Kier molecular flexibility index (Phi) is 8.57. The lowest BCUT2D eigenvalue weighted by molar-refractivity contribution is -0.127. The third-order valence-electron chi connectivity index (χ3n) is 1.54. The Morgan fingerprint density at radius 2 is 2.14 bits per heavy atom. The van der Waals surface area contributed by atoms with Crippen LogP contribution >= 0.6 is 0 Å². The molecule has 0 aromatic carbocycles. The van der Waals surface area contributed by atoms with Gasteiger partial charge in [-0.15, -0.1) is 0 Å². The van der Waals surface area contributed by atoms with Gasteiger partial charge in [0.2, 0.25) is 5.91 Å². The number of carbonyl (C=O) groups excluding carboxylic acids is 1. The summed E-state index contributed by atoms with van der Waals surface area (Å²) < 4.78 is 10.3. The fourth-order valence-corrected chi connectivity index (χ4v) is 0.840. The summed E-state index contributed by atoms with van der Waals surface area (Å²) in [4.78, 5) is 11.1. The standard InChI is InChI=1S/C10H21NO3/c1-4-13-7-5-6-11-10(12)8-14-9(2)3/h9H,4-8H2,1-3H3,(H,11,12). The van der Waals surface area contributed by atoms with E-state index < -0.39 is 0 Å². The molecule has 0 rings (SSSR count). The highest BCUT2D eigenvalue weighted by Gasteiger charge is 2.01. The topological polar surface area (TPSA) is 47.6 Å². The van der Waals surface area contributed by atoms with Crippen LogP contribution in [-0.2, 0) is 14.3 Å². The molecular weight excluding hydrogens is 182 g/mol. The van der Waals surface area contributed by atoms with E-state index in [0.717, 1.165) is 13.0 Å². The van der Waals surface area contributed by atoms with Crippen molar-refractivity contribution in [3.8, 4) is 0 Å². The fraction of sp³-hybridized carbons (Fsp3) is 0.900. The normalized spacial score (nSPS) is 10.6. The molecular formula is C10H21NO3. The van der Waals surface area contributed by atoms with Crippen molar-refractivity contribution < 1.29 is 14.3 Å². The third-order valence-corrected chi connectivity index (χ3v) is 1.54. The van der Waals surface area contributed by atoms with Gasteiger partial charge >= 0.3 is 0 Å². The molecule has 0 unspecified atom stereocenters. The smallest absolute Gasteiger partial charge is 0.246 e. The molecule has 0 radical (unpaired) electrons. The van der Waals surface area contributed by atoms with Gasteiger partial charge in [-0.3, -0.25) is 4.79 Å². The number of hydrogen-bond donors (Lipinski definition) is 1. The molecule has 0 saturated carbocycles. The van der Waals surface area contributed by atoms with Gasteiger partial charge in [-0.1, -0.05) is 0 Å². The number of ether oxygens (including phenoxy) is 2. The molecule has 0 aromatic heterocycles. The average molecular weight is 203 g/mol. The van der Waals surface area contributed by atoms with Gasteiger partial charge in [-0.25, -0.2) is 0 Å². The monoisotopic (exact) mass is 203 g/mol. The van der Waals surface area contributed by atoms with Crippen LogP contribution in [0.15, 0.2) is 0 Å². The predicted octanol–water partition coefficient (Wildman–Crippen LogP) is 0.954. The van der Waals surface area contributed by atoms with Crippen LogP contribution in [0.2, 0.25) is 0 Å². The molecule has 0 aliphatic rings. The van der Waals surface area contributed by atoms with Crippen molar-refractivity contribution in [3.63, 3.8) is 0 Å². The molecule has 1 N–H and O–H groups in total. The van der Waals surface area contributed by atoms with E-state index in [9.17, 15) is 4.79 Å². The number of rotatable bonds is 8. The first-order valence-corrected chi connectivity index (χ1v) is 5.12. The van der Waals surface area contributed by atoms with Gasteiger partial charge in [-0.05, 0) is 27.2 Å². The average Bonchev–Trinajstić information content (AvgIpc) is 2.14. The highest BCUT2D eigenvalue weighted by molar-refractivity contribution is 5.77. The van der Waals surface area contributed by atoms with Crippen molar-refractivity contribution in [1.82, 2.24) is 5.32 Å². The molecule has 0 aliphatic heterocycles. The Hall–Kier alpha value is -0.610. The first-order chi connectivity index (χ1) is 6.66. The molecule has 4 heteroatoms. The Morgan fingerprint density at radius 1 is 1.43 bits per heavy atom. The maximum absolute atomic E-state index is 11.1. The van der Waals surface area contributed by atoms with Gasteiger partial charge in [0.15, 0.2) is 0 Å². The third kappa shape index (κ3) is 9.48. The molecule has 0 aromatic rings. The summed E-state index contributed by atoms with van der Waals surface area (Å²) in [5, 5.41) is 2.75. The zero-order chi connectivity index (χ0) is 10.8. The molecule has 14 heavy (non-hydrogen) atoms. The van der Waals surface area contributed by atoms with Crippen LogP contribution in [0.4, 0.5) is 0 Å². The van der Waals surface area contributed by atoms with E-state index in [0.29, 0.717) is 13.2 Å². The summed E-state index contributed by atoms with van der Waals surface area (Å²) in [5.74, 6) is -0.0600. The highest BCUT2D eigenvalue weighted by atomic mass is 16.5. The molecule has 0 spiro atoms. The molecule has 1 amide bonds. The molecule has 0 aliphatic carbocycles. The predicted molar refractivity (Wildman–Crippen MR) is 55.2 cm³/mol. The number of carbonyl (C=O) groups is 1. The van der Waals surface area contributed by atoms with E-state index in [4.69, 9.17) is 9.47 Å². The van der Waals surface area contributed by atoms with E-state index >= 15 is 0 Å². The number of hydrogen-bond acceptors (Lipinski definition) is 3. The van der Waals surface area contributed by atoms with Crippen LogP contribution in [0.25, 0.3) is 0 Å². The quantitative estimate of drug-likeness (QED) is 0.598. The number of nitrogens with one attached hydrogen (secondary N) is 1. The SMILES string of the molecule is CCOCCCNC(=O)COC(C)C. The molecule has 0 saturated heterocycles. The highest BCUT2D eigenvalue weighted by Crippen LogP contribution is 1.86. The summed E-state index contributed by atoms with van der Waals surface area (Å²) in [6, 6.07) is 0. The lowest BCUT2D eigenvalue weighted by Crippen LogP contribution is -2.30. The van der Waals surface area contributed by atoms with Crippen molar-refractivity contribution in [3.05, 3.63) is 0 Å². The second-order valence-corrected chi connectivity index (χ2v) is 3.26. The van der Waals surface area contributed by atoms with E-state index in [-0.39, 0.29) is 18.6 Å². The molecule has 0 bridgehead atoms. The minimum Gasteiger partial charge on any atom is -0.382 e. The maximum atomic E-state index is 11.1.